The van der Waals surface area contributed by atoms with Crippen molar-refractivity contribution in [3.8, 4) is 0 Å². The van der Waals surface area contributed by atoms with E-state index in [1.165, 1.54) is 46.3 Å². The zero-order valence-electron chi connectivity index (χ0n) is 55.5. The van der Waals surface area contributed by atoms with E-state index in [4.69, 9.17) is 46.4 Å². The molecule has 0 N–H and O–H groups in total. The fourth-order valence-corrected chi connectivity index (χ4v) is 12.4. The minimum Gasteiger partial charge on any atom is -0.303 e. The summed E-state index contributed by atoms with van der Waals surface area (Å²) in [5, 5.41) is 0. The Kier molecular flexibility index (Phi) is 51.5. The van der Waals surface area contributed by atoms with Crippen LogP contribution in [0.2, 0.25) is 0 Å². The van der Waals surface area contributed by atoms with Gasteiger partial charge in [-0.15, -0.1) is 46.4 Å². The second-order valence-corrected chi connectivity index (χ2v) is 31.4. The van der Waals surface area contributed by atoms with Crippen LogP contribution in [0.5, 0.6) is 0 Å². The highest BCUT2D eigenvalue weighted by atomic mass is 35.5. The number of aldehydes is 2. The molecule has 1 aliphatic rings. The highest BCUT2D eigenvalue weighted by molar-refractivity contribution is 7.99. The molecule has 0 radical (unpaired) electrons. The van der Waals surface area contributed by atoms with Gasteiger partial charge in [-0.2, -0.15) is 11.8 Å². The summed E-state index contributed by atoms with van der Waals surface area (Å²) < 4.78 is 72.0. The maximum Gasteiger partial charge on any atom is 0.181 e. The fraction of sp³-hybridized carbons (Fsp3) is 0.472. The number of carbonyl (C=O) groups is 2. The summed E-state index contributed by atoms with van der Waals surface area (Å²) in [5.74, 6) is 4.39. The van der Waals surface area contributed by atoms with Crippen LogP contribution in [-0.4, -0.2) is 95.9 Å². The predicted octanol–water partition coefficient (Wildman–Crippen LogP) is 20.6. The molecular formula is C72H109Cl4FO8S4. The first-order valence-corrected chi connectivity index (χ1v) is 38.2. The molecule has 2 unspecified atom stereocenters. The Hall–Kier alpha value is -4.05. The molecule has 0 aliphatic heterocycles. The summed E-state index contributed by atoms with van der Waals surface area (Å²) in [4.78, 5) is 21.1. The lowest BCUT2D eigenvalue weighted by molar-refractivity contribution is -0.111. The van der Waals surface area contributed by atoms with Crippen molar-refractivity contribution in [3.05, 3.63) is 201 Å². The van der Waals surface area contributed by atoms with Crippen molar-refractivity contribution in [1.82, 2.24) is 0 Å². The topological polar surface area (TPSA) is 137 Å². The molecule has 0 saturated carbocycles. The molecule has 0 bridgehead atoms. The third-order valence-corrected chi connectivity index (χ3v) is 20.3. The van der Waals surface area contributed by atoms with Gasteiger partial charge in [-0.25, -0.2) is 25.3 Å². The standard InChI is InChI=1S/2C21H28O2S.C10H16Cl2O2S.C10H16Cl2S.C10H16O2.FH.2H2/c1-17(12-13-20-18(2)9-8-15-21(20,3)4)14-16-24(22,23)19-10-6-5-7-11-19;1-18(2)10-8-11-19(3)12-9-13-20(4)16-17-24(22,23)21-14-6-5-7-15-21;1-9(7-11)3-5-15(13,14)6-4-10(2)8-12;1-9(7-11)3-5-13-6-4-10(2)8-12;1-9(7-11)5-3-4-6-10(2)8-12;;;/h5-7,10-14H,8-9,15-16H2,1-4H3;5-7,9-10,12-16H,8,11,17H2,1-4H3;3-4H,5-8H2,1-2H3;3-4H,5-8H2,1-2H3;3-4,7-10H,5-6H2,1-2H3;3*1H/b13-12+,17-14+;13-9+,19-12+,20-16+;2*9-3+,10-4+;4-3+;;;/i;;;;;;1+1;. The maximum absolute atomic E-state index is 12.3. The summed E-state index contributed by atoms with van der Waals surface area (Å²) >= 11 is 24.2. The molecule has 0 saturated heterocycles. The highest BCUT2D eigenvalue weighted by Crippen LogP contribution is 2.41. The minimum absolute atomic E-state index is 0. The number of allylic oxidation sites excluding steroid dienone is 18. The van der Waals surface area contributed by atoms with Crippen molar-refractivity contribution in [2.75, 3.05) is 58.0 Å². The van der Waals surface area contributed by atoms with E-state index in [1.807, 2.05) is 110 Å². The van der Waals surface area contributed by atoms with E-state index < -0.39 is 29.5 Å². The number of benzene rings is 2. The van der Waals surface area contributed by atoms with E-state index >= 15 is 0 Å². The third-order valence-electron chi connectivity index (χ3n) is 13.3. The van der Waals surface area contributed by atoms with Crippen LogP contribution < -0.4 is 0 Å². The van der Waals surface area contributed by atoms with Crippen molar-refractivity contribution >= 4 is 100 Å². The molecule has 0 spiro atoms. The average Bonchev–Trinajstić information content (AvgIpc) is 3.14. The lowest BCUT2D eigenvalue weighted by Crippen LogP contribution is -2.19. The molecule has 2 atom stereocenters. The van der Waals surface area contributed by atoms with E-state index in [9.17, 15) is 34.8 Å². The van der Waals surface area contributed by atoms with Crippen molar-refractivity contribution in [3.63, 3.8) is 0 Å². The number of carbonyl (C=O) groups excluding carboxylic acids is 2. The van der Waals surface area contributed by atoms with Crippen molar-refractivity contribution in [2.45, 2.75) is 152 Å². The van der Waals surface area contributed by atoms with Crippen LogP contribution in [0.4, 0.5) is 4.70 Å². The van der Waals surface area contributed by atoms with Crippen molar-refractivity contribution in [1.29, 1.82) is 0 Å². The van der Waals surface area contributed by atoms with E-state index in [1.54, 1.807) is 72.8 Å². The predicted molar refractivity (Wildman–Crippen MR) is 395 cm³/mol. The van der Waals surface area contributed by atoms with Crippen LogP contribution in [0.15, 0.2) is 211 Å². The Balaban J connectivity index is -0.000000346. The second kappa shape index (κ2) is 51.5. The Morgan fingerprint density at radius 3 is 1.37 bits per heavy atom. The van der Waals surface area contributed by atoms with Crippen LogP contribution >= 0.6 is 58.2 Å². The molecule has 3 rings (SSSR count). The molecule has 2 aromatic rings. The van der Waals surface area contributed by atoms with E-state index in [-0.39, 0.29) is 47.8 Å². The van der Waals surface area contributed by atoms with Gasteiger partial charge in [0.05, 0.1) is 32.8 Å². The fourth-order valence-electron chi connectivity index (χ4n) is 7.36. The van der Waals surface area contributed by atoms with Gasteiger partial charge in [-0.1, -0.05) is 199 Å². The van der Waals surface area contributed by atoms with Gasteiger partial charge in [0, 0.05) is 49.7 Å². The number of alkyl halides is 4. The molecule has 1 aliphatic carbocycles. The lowest BCUT2D eigenvalue weighted by Gasteiger charge is -2.32. The van der Waals surface area contributed by atoms with Gasteiger partial charge in [0.25, 0.3) is 0 Å². The van der Waals surface area contributed by atoms with Gasteiger partial charge in [0.15, 0.2) is 29.5 Å². The normalized spacial score (nSPS) is 15.3. The average molecular weight is 1390 g/mol. The Bertz CT molecular complexity index is 3040. The second-order valence-electron chi connectivity index (χ2n) is 23.1. The van der Waals surface area contributed by atoms with Crippen molar-refractivity contribution in [2.24, 2.45) is 17.3 Å². The first-order chi connectivity index (χ1) is 41.3. The molecule has 2 aromatic carbocycles. The van der Waals surface area contributed by atoms with Gasteiger partial charge < -0.3 is 9.59 Å². The first kappa shape index (κ1) is 89.1. The lowest BCUT2D eigenvalue weighted by atomic mass is 9.72. The number of halogens is 5. The summed E-state index contributed by atoms with van der Waals surface area (Å²) in [6, 6.07) is 17.2. The molecule has 0 heterocycles. The largest absolute Gasteiger partial charge is 0.303 e. The summed E-state index contributed by atoms with van der Waals surface area (Å²) in [6.45, 7) is 28.5. The number of hydrogen-bond donors (Lipinski definition) is 0. The minimum atomic E-state index is -3.25. The van der Waals surface area contributed by atoms with E-state index in [0.29, 0.717) is 33.3 Å². The number of thioether (sulfide) groups is 1. The first-order valence-electron chi connectivity index (χ1n) is 29.8. The smallest absolute Gasteiger partial charge is 0.181 e. The summed E-state index contributed by atoms with van der Waals surface area (Å²) in [5.41, 5.74) is 11.9. The third kappa shape index (κ3) is 47.5. The van der Waals surface area contributed by atoms with Crippen LogP contribution in [0.1, 0.15) is 145 Å². The number of sulfone groups is 3. The van der Waals surface area contributed by atoms with Gasteiger partial charge in [-0.3, -0.25) is 4.70 Å². The zero-order chi connectivity index (χ0) is 67.2. The van der Waals surface area contributed by atoms with Crippen LogP contribution in [0.25, 0.3) is 0 Å². The summed E-state index contributed by atoms with van der Waals surface area (Å²) in [6.07, 6.45) is 36.7. The quantitative estimate of drug-likeness (QED) is 0.0238. The van der Waals surface area contributed by atoms with Gasteiger partial charge >= 0.3 is 0 Å². The molecule has 0 fully saturated rings. The number of hydrogen-bond acceptors (Lipinski definition) is 9. The Labute approximate surface area is 566 Å². The zero-order valence-corrected chi connectivity index (χ0v) is 61.8. The molecular weight excluding hydrogens is 1280 g/mol. The maximum atomic E-state index is 12.3. The summed E-state index contributed by atoms with van der Waals surface area (Å²) in [7, 11) is -9.57. The van der Waals surface area contributed by atoms with E-state index in [0.717, 1.165) is 78.5 Å². The highest BCUT2D eigenvalue weighted by Gasteiger charge is 2.26. The Morgan fingerprint density at radius 2 is 0.989 bits per heavy atom. The van der Waals surface area contributed by atoms with Crippen LogP contribution in [0, 0.1) is 17.3 Å². The molecule has 89 heavy (non-hydrogen) atoms. The van der Waals surface area contributed by atoms with E-state index in [2.05, 4.69) is 71.9 Å². The molecule has 0 aromatic heterocycles. The van der Waals surface area contributed by atoms with Crippen LogP contribution in [0.3, 0.4) is 0 Å². The monoisotopic (exact) mass is 1390 g/mol. The molecule has 17 heteroatoms. The van der Waals surface area contributed by atoms with Gasteiger partial charge in [0.2, 0.25) is 0 Å². The van der Waals surface area contributed by atoms with Gasteiger partial charge in [-0.05, 0) is 149 Å². The Morgan fingerprint density at radius 1 is 0.584 bits per heavy atom. The molecule has 0 amide bonds. The molecule has 8 nitrogen and oxygen atoms in total. The molecule has 504 valence electrons. The van der Waals surface area contributed by atoms with Crippen molar-refractivity contribution < 1.29 is 42.4 Å². The number of rotatable bonds is 31. The van der Waals surface area contributed by atoms with Gasteiger partial charge in [0.1, 0.15) is 12.6 Å². The SMILES string of the molecule is C/C(=C\CS(=O)(=O)C/C=C(\C)CCl)CCl.C/C(=C\CSC/C=C(\C)CCl)CCl.CC(C)=CCC/C(C)=C/C=C/C(C)=C/CS(=O)(=O)c1ccccc1.CC(C=O)C/C=C/CC(C)C=O.CC1=C(/C=C/C(C)=C/CS(=O)(=O)c2ccccc2)C(C)(C)CCC1.F.[2HH].[HH]. The van der Waals surface area contributed by atoms with Crippen LogP contribution in [-0.2, 0) is 39.1 Å².